The number of ether oxygens (including phenoxy) is 1. The Labute approximate surface area is 101 Å². The van der Waals surface area contributed by atoms with Crippen LogP contribution in [-0.4, -0.2) is 12.6 Å². The third-order valence-corrected chi connectivity index (χ3v) is 2.82. The van der Waals surface area contributed by atoms with E-state index >= 15 is 0 Å². The summed E-state index contributed by atoms with van der Waals surface area (Å²) in [6.45, 7) is 5.49. The lowest BCUT2D eigenvalue weighted by atomic mass is 9.99. The van der Waals surface area contributed by atoms with Crippen LogP contribution in [0.3, 0.4) is 0 Å². The van der Waals surface area contributed by atoms with Gasteiger partial charge in [0.2, 0.25) is 0 Å². The van der Waals surface area contributed by atoms with E-state index in [1.165, 1.54) is 6.07 Å². The van der Waals surface area contributed by atoms with Crippen molar-refractivity contribution in [3.8, 4) is 5.75 Å². The van der Waals surface area contributed by atoms with Crippen molar-refractivity contribution in [2.24, 2.45) is 5.73 Å². The SMILES string of the molecule is CCOc1c(F)cc(CC(N)CC)c(C)c1F. The Bertz CT molecular complexity index is 393. The Morgan fingerprint density at radius 1 is 1.35 bits per heavy atom. The highest BCUT2D eigenvalue weighted by Crippen LogP contribution is 2.28. The van der Waals surface area contributed by atoms with Gasteiger partial charge >= 0.3 is 0 Å². The first kappa shape index (κ1) is 13.9. The minimum absolute atomic E-state index is 0.0783. The summed E-state index contributed by atoms with van der Waals surface area (Å²) in [5, 5.41) is 0. The molecule has 2 N–H and O–H groups in total. The van der Waals surface area contributed by atoms with Gasteiger partial charge in [0.15, 0.2) is 17.4 Å². The van der Waals surface area contributed by atoms with E-state index in [4.69, 9.17) is 10.5 Å². The van der Waals surface area contributed by atoms with Gasteiger partial charge in [-0.3, -0.25) is 0 Å². The fraction of sp³-hybridized carbons (Fsp3) is 0.538. The van der Waals surface area contributed by atoms with Crippen molar-refractivity contribution in [1.29, 1.82) is 0 Å². The zero-order valence-corrected chi connectivity index (χ0v) is 10.5. The second-order valence-corrected chi connectivity index (χ2v) is 4.09. The average molecular weight is 243 g/mol. The second-order valence-electron chi connectivity index (χ2n) is 4.09. The highest BCUT2D eigenvalue weighted by atomic mass is 19.1. The second kappa shape index (κ2) is 5.96. The third kappa shape index (κ3) is 3.16. The van der Waals surface area contributed by atoms with Crippen molar-refractivity contribution in [3.05, 3.63) is 28.8 Å². The van der Waals surface area contributed by atoms with Crippen LogP contribution in [0.25, 0.3) is 0 Å². The van der Waals surface area contributed by atoms with Gasteiger partial charge in [-0.15, -0.1) is 0 Å². The Balaban J connectivity index is 3.10. The number of benzene rings is 1. The molecule has 4 heteroatoms. The molecule has 0 aliphatic rings. The molecular formula is C13H19F2NO. The predicted octanol–water partition coefficient (Wildman–Crippen LogP) is 2.95. The lowest BCUT2D eigenvalue weighted by molar-refractivity contribution is 0.301. The average Bonchev–Trinajstić information content (AvgIpc) is 2.31. The topological polar surface area (TPSA) is 35.2 Å². The Morgan fingerprint density at radius 2 is 2.00 bits per heavy atom. The number of nitrogens with two attached hydrogens (primary N) is 1. The van der Waals surface area contributed by atoms with E-state index in [-0.39, 0.29) is 18.4 Å². The molecule has 0 saturated heterocycles. The van der Waals surface area contributed by atoms with Crippen LogP contribution in [0.5, 0.6) is 5.75 Å². The van der Waals surface area contributed by atoms with Gasteiger partial charge in [-0.2, -0.15) is 0 Å². The third-order valence-electron chi connectivity index (χ3n) is 2.82. The van der Waals surface area contributed by atoms with Crippen molar-refractivity contribution < 1.29 is 13.5 Å². The van der Waals surface area contributed by atoms with Gasteiger partial charge in [0.1, 0.15) is 0 Å². The molecule has 1 rings (SSSR count). The normalized spacial score (nSPS) is 12.6. The molecule has 0 radical (unpaired) electrons. The molecule has 96 valence electrons. The number of hydrogen-bond donors (Lipinski definition) is 1. The van der Waals surface area contributed by atoms with Crippen molar-refractivity contribution in [1.82, 2.24) is 0 Å². The fourth-order valence-electron chi connectivity index (χ4n) is 1.66. The number of hydrogen-bond acceptors (Lipinski definition) is 2. The molecule has 0 bridgehead atoms. The zero-order valence-electron chi connectivity index (χ0n) is 10.5. The molecule has 0 heterocycles. The standard InChI is InChI=1S/C13H19F2NO/c1-4-10(16)6-9-7-11(14)13(17-5-2)12(15)8(9)3/h7,10H,4-6,16H2,1-3H3. The smallest absolute Gasteiger partial charge is 0.190 e. The Hall–Kier alpha value is -1.16. The van der Waals surface area contributed by atoms with Crippen molar-refractivity contribution in [2.75, 3.05) is 6.61 Å². The Kier molecular flexibility index (Phi) is 4.87. The van der Waals surface area contributed by atoms with E-state index in [0.29, 0.717) is 17.5 Å². The summed E-state index contributed by atoms with van der Waals surface area (Å²) in [6, 6.07) is 1.24. The minimum atomic E-state index is -0.659. The molecule has 0 saturated carbocycles. The molecule has 0 amide bonds. The summed E-state index contributed by atoms with van der Waals surface area (Å²) < 4.78 is 32.4. The maximum absolute atomic E-state index is 13.9. The van der Waals surface area contributed by atoms with Gasteiger partial charge in [-0.25, -0.2) is 8.78 Å². The first-order chi connectivity index (χ1) is 8.01. The predicted molar refractivity (Wildman–Crippen MR) is 64.2 cm³/mol. The maximum atomic E-state index is 13.9. The van der Waals surface area contributed by atoms with Crippen LogP contribution < -0.4 is 10.5 Å². The number of rotatable bonds is 5. The first-order valence-electron chi connectivity index (χ1n) is 5.87. The largest absolute Gasteiger partial charge is 0.488 e. The van der Waals surface area contributed by atoms with Gasteiger partial charge < -0.3 is 10.5 Å². The molecule has 1 unspecified atom stereocenters. The van der Waals surface area contributed by atoms with Crippen LogP contribution in [0.2, 0.25) is 0 Å². The van der Waals surface area contributed by atoms with Gasteiger partial charge in [0.05, 0.1) is 6.61 Å². The van der Waals surface area contributed by atoms with Crippen LogP contribution in [0.4, 0.5) is 8.78 Å². The summed E-state index contributed by atoms with van der Waals surface area (Å²) in [5.74, 6) is -1.57. The summed E-state index contributed by atoms with van der Waals surface area (Å²) >= 11 is 0. The molecule has 1 aromatic rings. The van der Waals surface area contributed by atoms with Gasteiger partial charge in [-0.1, -0.05) is 6.92 Å². The van der Waals surface area contributed by atoms with E-state index in [9.17, 15) is 8.78 Å². The van der Waals surface area contributed by atoms with Crippen LogP contribution >= 0.6 is 0 Å². The van der Waals surface area contributed by atoms with Crippen LogP contribution in [0.15, 0.2) is 6.07 Å². The molecule has 2 nitrogen and oxygen atoms in total. The minimum Gasteiger partial charge on any atom is -0.488 e. The van der Waals surface area contributed by atoms with E-state index in [1.54, 1.807) is 13.8 Å². The lowest BCUT2D eigenvalue weighted by Crippen LogP contribution is -2.22. The zero-order chi connectivity index (χ0) is 13.0. The molecule has 17 heavy (non-hydrogen) atoms. The van der Waals surface area contributed by atoms with Gasteiger partial charge in [0.25, 0.3) is 0 Å². The maximum Gasteiger partial charge on any atom is 0.190 e. The summed E-state index contributed by atoms with van der Waals surface area (Å²) in [4.78, 5) is 0. The molecule has 0 spiro atoms. The van der Waals surface area contributed by atoms with Crippen LogP contribution in [-0.2, 0) is 6.42 Å². The summed E-state index contributed by atoms with van der Waals surface area (Å²) in [5.41, 5.74) is 6.82. The summed E-state index contributed by atoms with van der Waals surface area (Å²) in [6.07, 6.45) is 1.25. The van der Waals surface area contributed by atoms with E-state index in [0.717, 1.165) is 6.42 Å². The van der Waals surface area contributed by atoms with Gasteiger partial charge in [-0.05, 0) is 43.9 Å². The number of halogens is 2. The molecular weight excluding hydrogens is 224 g/mol. The first-order valence-corrected chi connectivity index (χ1v) is 5.87. The Morgan fingerprint density at radius 3 is 2.53 bits per heavy atom. The van der Waals surface area contributed by atoms with E-state index < -0.39 is 11.6 Å². The molecule has 0 fully saturated rings. The molecule has 1 aromatic carbocycles. The lowest BCUT2D eigenvalue weighted by Gasteiger charge is -2.15. The highest BCUT2D eigenvalue weighted by Gasteiger charge is 2.17. The molecule has 0 aromatic heterocycles. The molecule has 1 atom stereocenters. The van der Waals surface area contributed by atoms with Gasteiger partial charge in [0, 0.05) is 6.04 Å². The van der Waals surface area contributed by atoms with E-state index in [1.807, 2.05) is 6.92 Å². The quantitative estimate of drug-likeness (QED) is 0.863. The fourth-order valence-corrected chi connectivity index (χ4v) is 1.66. The van der Waals surface area contributed by atoms with E-state index in [2.05, 4.69) is 0 Å². The van der Waals surface area contributed by atoms with Crippen molar-refractivity contribution >= 4 is 0 Å². The van der Waals surface area contributed by atoms with Crippen LogP contribution in [0, 0.1) is 18.6 Å². The molecule has 0 aliphatic carbocycles. The van der Waals surface area contributed by atoms with Crippen molar-refractivity contribution in [3.63, 3.8) is 0 Å². The highest BCUT2D eigenvalue weighted by molar-refractivity contribution is 5.38. The van der Waals surface area contributed by atoms with Crippen LogP contribution in [0.1, 0.15) is 31.4 Å². The monoisotopic (exact) mass is 243 g/mol. The molecule has 0 aliphatic heterocycles. The van der Waals surface area contributed by atoms with Crippen molar-refractivity contribution in [2.45, 2.75) is 39.7 Å². The summed E-state index contributed by atoms with van der Waals surface area (Å²) in [7, 11) is 0.